The Bertz CT molecular complexity index is 492. The summed E-state index contributed by atoms with van der Waals surface area (Å²) in [5.74, 6) is 0.376. The van der Waals surface area contributed by atoms with Gasteiger partial charge >= 0.3 is 0 Å². The van der Waals surface area contributed by atoms with Gasteiger partial charge in [-0.1, -0.05) is 0 Å². The third kappa shape index (κ3) is 3.84. The summed E-state index contributed by atoms with van der Waals surface area (Å²) in [5, 5.41) is 0. The molecular formula is C17H23FN2O2. The molecule has 1 aromatic carbocycles. The lowest BCUT2D eigenvalue weighted by atomic mass is 9.95. The van der Waals surface area contributed by atoms with Gasteiger partial charge < -0.3 is 9.64 Å². The van der Waals surface area contributed by atoms with Crippen LogP contribution in [0.2, 0.25) is 0 Å². The van der Waals surface area contributed by atoms with Crippen LogP contribution in [0.5, 0.6) is 0 Å². The SMILES string of the molecule is O=C(c1ccc(F)cc1)N1CCC(CN2CCOCC2)CC1. The minimum absolute atomic E-state index is 0.0184. The summed E-state index contributed by atoms with van der Waals surface area (Å²) >= 11 is 0. The number of carbonyl (C=O) groups excluding carboxylic acids is 1. The van der Waals surface area contributed by atoms with E-state index in [-0.39, 0.29) is 11.7 Å². The Balaban J connectivity index is 1.48. The van der Waals surface area contributed by atoms with Crippen molar-refractivity contribution in [3.05, 3.63) is 35.6 Å². The lowest BCUT2D eigenvalue weighted by Gasteiger charge is -2.36. The second kappa shape index (κ2) is 7.20. The first-order valence-electron chi connectivity index (χ1n) is 8.07. The van der Waals surface area contributed by atoms with Gasteiger partial charge in [0.1, 0.15) is 5.82 Å². The van der Waals surface area contributed by atoms with Gasteiger partial charge in [-0.05, 0) is 43.0 Å². The molecule has 5 heteroatoms. The third-order valence-electron chi connectivity index (χ3n) is 4.61. The molecule has 0 unspecified atom stereocenters. The molecule has 0 N–H and O–H groups in total. The van der Waals surface area contributed by atoms with E-state index in [9.17, 15) is 9.18 Å². The van der Waals surface area contributed by atoms with Crippen LogP contribution in [0.15, 0.2) is 24.3 Å². The highest BCUT2D eigenvalue weighted by Gasteiger charge is 2.25. The van der Waals surface area contributed by atoms with Crippen molar-refractivity contribution in [1.29, 1.82) is 0 Å². The predicted molar refractivity (Wildman–Crippen MR) is 82.3 cm³/mol. The molecule has 0 atom stereocenters. The zero-order chi connectivity index (χ0) is 15.4. The highest BCUT2D eigenvalue weighted by Crippen LogP contribution is 2.20. The number of likely N-dealkylation sites (tertiary alicyclic amines) is 1. The summed E-state index contributed by atoms with van der Waals surface area (Å²) in [5.41, 5.74) is 0.577. The van der Waals surface area contributed by atoms with E-state index in [1.807, 2.05) is 4.90 Å². The fourth-order valence-electron chi connectivity index (χ4n) is 3.24. The summed E-state index contributed by atoms with van der Waals surface area (Å²) < 4.78 is 18.3. The fourth-order valence-corrected chi connectivity index (χ4v) is 3.24. The van der Waals surface area contributed by atoms with Crippen LogP contribution in [0.25, 0.3) is 0 Å². The van der Waals surface area contributed by atoms with E-state index in [1.165, 1.54) is 12.1 Å². The van der Waals surface area contributed by atoms with Crippen molar-refractivity contribution in [3.8, 4) is 0 Å². The lowest BCUT2D eigenvalue weighted by molar-refractivity contribution is 0.0243. The van der Waals surface area contributed by atoms with Crippen molar-refractivity contribution in [2.75, 3.05) is 45.9 Å². The largest absolute Gasteiger partial charge is 0.379 e. The van der Waals surface area contributed by atoms with Crippen LogP contribution in [-0.2, 0) is 4.74 Å². The molecule has 22 heavy (non-hydrogen) atoms. The van der Waals surface area contributed by atoms with Crippen LogP contribution < -0.4 is 0 Å². The number of benzene rings is 1. The van der Waals surface area contributed by atoms with Crippen LogP contribution in [0, 0.1) is 11.7 Å². The third-order valence-corrected chi connectivity index (χ3v) is 4.61. The van der Waals surface area contributed by atoms with E-state index < -0.39 is 0 Å². The van der Waals surface area contributed by atoms with Gasteiger partial charge in [0.2, 0.25) is 0 Å². The average molecular weight is 306 g/mol. The predicted octanol–water partition coefficient (Wildman–Crippen LogP) is 2.01. The maximum Gasteiger partial charge on any atom is 0.253 e. The number of carbonyl (C=O) groups is 1. The number of nitrogens with zero attached hydrogens (tertiary/aromatic N) is 2. The standard InChI is InChI=1S/C17H23FN2O2/c18-16-3-1-15(2-4-16)17(21)20-7-5-14(6-8-20)13-19-9-11-22-12-10-19/h1-4,14H,5-13H2. The highest BCUT2D eigenvalue weighted by molar-refractivity contribution is 5.94. The van der Waals surface area contributed by atoms with Crippen LogP contribution in [0.4, 0.5) is 4.39 Å². The zero-order valence-corrected chi connectivity index (χ0v) is 12.8. The zero-order valence-electron chi connectivity index (χ0n) is 12.8. The molecule has 1 amide bonds. The molecule has 0 saturated carbocycles. The molecule has 0 radical (unpaired) electrons. The van der Waals surface area contributed by atoms with Gasteiger partial charge in [-0.2, -0.15) is 0 Å². The second-order valence-corrected chi connectivity index (χ2v) is 6.16. The second-order valence-electron chi connectivity index (χ2n) is 6.16. The van der Waals surface area contributed by atoms with Crippen LogP contribution in [0.1, 0.15) is 23.2 Å². The van der Waals surface area contributed by atoms with E-state index in [0.717, 1.165) is 58.8 Å². The Kier molecular flexibility index (Phi) is 5.05. The Hall–Kier alpha value is -1.46. The van der Waals surface area contributed by atoms with Crippen molar-refractivity contribution in [1.82, 2.24) is 9.80 Å². The maximum absolute atomic E-state index is 12.9. The van der Waals surface area contributed by atoms with Gasteiger partial charge in [-0.3, -0.25) is 9.69 Å². The number of piperidine rings is 1. The number of hydrogen-bond donors (Lipinski definition) is 0. The molecule has 120 valence electrons. The van der Waals surface area contributed by atoms with Gasteiger partial charge in [0, 0.05) is 38.3 Å². The number of hydrogen-bond acceptors (Lipinski definition) is 3. The summed E-state index contributed by atoms with van der Waals surface area (Å²) in [7, 11) is 0. The van der Waals surface area contributed by atoms with Gasteiger partial charge in [0.15, 0.2) is 0 Å². The number of amides is 1. The highest BCUT2D eigenvalue weighted by atomic mass is 19.1. The molecule has 2 heterocycles. The lowest BCUT2D eigenvalue weighted by Crippen LogP contribution is -2.44. The van der Waals surface area contributed by atoms with Crippen molar-refractivity contribution < 1.29 is 13.9 Å². The molecule has 2 fully saturated rings. The molecule has 0 spiro atoms. The molecule has 0 aromatic heterocycles. The molecule has 3 rings (SSSR count). The van der Waals surface area contributed by atoms with Gasteiger partial charge in [0.25, 0.3) is 5.91 Å². The number of rotatable bonds is 3. The molecule has 2 saturated heterocycles. The molecule has 0 bridgehead atoms. The van der Waals surface area contributed by atoms with Gasteiger partial charge in [-0.15, -0.1) is 0 Å². The Morgan fingerprint density at radius 2 is 1.73 bits per heavy atom. The monoisotopic (exact) mass is 306 g/mol. The normalized spacial score (nSPS) is 21.0. The molecule has 2 aliphatic rings. The molecule has 1 aromatic rings. The van der Waals surface area contributed by atoms with Crippen molar-refractivity contribution in [3.63, 3.8) is 0 Å². The van der Waals surface area contributed by atoms with Gasteiger partial charge in [-0.25, -0.2) is 4.39 Å². The maximum atomic E-state index is 12.9. The van der Waals surface area contributed by atoms with Crippen LogP contribution in [-0.4, -0.2) is 61.6 Å². The first-order valence-corrected chi connectivity index (χ1v) is 8.07. The van der Waals surface area contributed by atoms with Crippen molar-refractivity contribution in [2.45, 2.75) is 12.8 Å². The summed E-state index contributed by atoms with van der Waals surface area (Å²) in [6.07, 6.45) is 2.09. The summed E-state index contributed by atoms with van der Waals surface area (Å²) in [6.45, 7) is 6.42. The van der Waals surface area contributed by atoms with Crippen molar-refractivity contribution in [2.24, 2.45) is 5.92 Å². The average Bonchev–Trinajstić information content (AvgIpc) is 2.57. The van der Waals surface area contributed by atoms with E-state index in [4.69, 9.17) is 4.74 Å². The fraction of sp³-hybridized carbons (Fsp3) is 0.588. The summed E-state index contributed by atoms with van der Waals surface area (Å²) in [6, 6.07) is 5.83. The smallest absolute Gasteiger partial charge is 0.253 e. The van der Waals surface area contributed by atoms with E-state index >= 15 is 0 Å². The van der Waals surface area contributed by atoms with Crippen molar-refractivity contribution >= 4 is 5.91 Å². The van der Waals surface area contributed by atoms with E-state index in [0.29, 0.717) is 11.5 Å². The minimum Gasteiger partial charge on any atom is -0.379 e. The van der Waals surface area contributed by atoms with Crippen LogP contribution in [0.3, 0.4) is 0 Å². The Labute approximate surface area is 130 Å². The van der Waals surface area contributed by atoms with Crippen LogP contribution >= 0.6 is 0 Å². The quantitative estimate of drug-likeness (QED) is 0.856. The number of halogens is 1. The topological polar surface area (TPSA) is 32.8 Å². The molecule has 0 aliphatic carbocycles. The first-order chi connectivity index (χ1) is 10.7. The summed E-state index contributed by atoms with van der Waals surface area (Å²) in [4.78, 5) is 16.7. The Morgan fingerprint density at radius 1 is 1.09 bits per heavy atom. The molecular weight excluding hydrogens is 283 g/mol. The molecule has 2 aliphatic heterocycles. The number of morpholine rings is 1. The first kappa shape index (κ1) is 15.4. The molecule has 4 nitrogen and oxygen atoms in total. The number of ether oxygens (including phenoxy) is 1. The van der Waals surface area contributed by atoms with E-state index in [1.54, 1.807) is 12.1 Å². The Morgan fingerprint density at radius 3 is 2.36 bits per heavy atom. The minimum atomic E-state index is -0.305. The van der Waals surface area contributed by atoms with E-state index in [2.05, 4.69) is 4.90 Å². The van der Waals surface area contributed by atoms with Gasteiger partial charge in [0.05, 0.1) is 13.2 Å².